The molecule has 2 aliphatic rings. The van der Waals surface area contributed by atoms with Gasteiger partial charge in [-0.3, -0.25) is 14.5 Å². The largest absolute Gasteiger partial charge is 0.308 e. The van der Waals surface area contributed by atoms with E-state index in [0.29, 0.717) is 27.9 Å². The van der Waals surface area contributed by atoms with Gasteiger partial charge in [-0.15, -0.1) is 0 Å². The van der Waals surface area contributed by atoms with Gasteiger partial charge in [-0.2, -0.15) is 0 Å². The van der Waals surface area contributed by atoms with Gasteiger partial charge in [-0.05, 0) is 31.5 Å². The van der Waals surface area contributed by atoms with Crippen LogP contribution in [0.2, 0.25) is 0 Å². The van der Waals surface area contributed by atoms with Crippen LogP contribution in [0.5, 0.6) is 0 Å². The summed E-state index contributed by atoms with van der Waals surface area (Å²) in [7, 11) is 0. The number of thioether (sulfide) groups is 1. The average molecular weight is 425 g/mol. The summed E-state index contributed by atoms with van der Waals surface area (Å²) in [6.45, 7) is 5.17. The molecule has 0 atom stereocenters. The molecule has 1 aromatic carbocycles. The predicted octanol–water partition coefficient (Wildman–Crippen LogP) is 4.19. The van der Waals surface area contributed by atoms with E-state index in [1.165, 1.54) is 11.8 Å². The first-order chi connectivity index (χ1) is 11.5. The summed E-state index contributed by atoms with van der Waals surface area (Å²) in [4.78, 5) is 29.5. The molecule has 4 nitrogen and oxygen atoms in total. The van der Waals surface area contributed by atoms with Gasteiger partial charge < -0.3 is 4.90 Å². The molecule has 1 aromatic rings. The zero-order chi connectivity index (χ0) is 17.4. The van der Waals surface area contributed by atoms with Crippen LogP contribution >= 0.6 is 39.9 Å². The summed E-state index contributed by atoms with van der Waals surface area (Å²) in [6.07, 6.45) is 1.88. The number of carbonyl (C=O) groups is 2. The molecule has 0 bridgehead atoms. The van der Waals surface area contributed by atoms with E-state index in [-0.39, 0.29) is 11.8 Å². The molecule has 0 unspecified atom stereocenters. The van der Waals surface area contributed by atoms with Gasteiger partial charge >= 0.3 is 0 Å². The summed E-state index contributed by atoms with van der Waals surface area (Å²) in [5.74, 6) is -0.271. The Morgan fingerprint density at radius 3 is 2.58 bits per heavy atom. The van der Waals surface area contributed by atoms with Crippen LogP contribution in [0.3, 0.4) is 0 Å². The van der Waals surface area contributed by atoms with Gasteiger partial charge in [0.1, 0.15) is 4.32 Å². The Hall–Kier alpha value is -1.18. The van der Waals surface area contributed by atoms with E-state index in [0.717, 1.165) is 28.6 Å². The molecule has 0 spiro atoms. The molecule has 2 heterocycles. The zero-order valence-electron chi connectivity index (χ0n) is 13.5. The third-order valence-corrected chi connectivity index (χ3v) is 6.05. The van der Waals surface area contributed by atoms with Crippen molar-refractivity contribution >= 4 is 67.3 Å². The Labute approximate surface area is 159 Å². The highest BCUT2D eigenvalue weighted by molar-refractivity contribution is 9.10. The number of halogens is 1. The maximum Gasteiger partial charge on any atom is 0.267 e. The second-order valence-electron chi connectivity index (χ2n) is 5.59. The van der Waals surface area contributed by atoms with Crippen molar-refractivity contribution in [2.45, 2.75) is 26.7 Å². The standard InChI is InChI=1S/C17H17BrN2O2S2/c1-3-5-8-20-16(22)14(24-17(20)23)13-11-9-10(18)6-7-12(11)19(4-2)15(13)21/h6-7,9H,3-5,8H2,1-2H3/b14-13+. The van der Waals surface area contributed by atoms with Gasteiger partial charge in [0.2, 0.25) is 0 Å². The Morgan fingerprint density at radius 2 is 1.92 bits per heavy atom. The van der Waals surface area contributed by atoms with Crippen LogP contribution in [0.25, 0.3) is 5.57 Å². The Morgan fingerprint density at radius 1 is 1.17 bits per heavy atom. The van der Waals surface area contributed by atoms with Crippen LogP contribution in [0.4, 0.5) is 5.69 Å². The number of hydrogen-bond donors (Lipinski definition) is 0. The first kappa shape index (κ1) is 17.6. The lowest BCUT2D eigenvalue weighted by molar-refractivity contribution is -0.122. The fraction of sp³-hybridized carbons (Fsp3) is 0.353. The lowest BCUT2D eigenvalue weighted by Crippen LogP contribution is -2.30. The summed E-state index contributed by atoms with van der Waals surface area (Å²) in [5, 5.41) is 0. The van der Waals surface area contributed by atoms with Crippen molar-refractivity contribution in [3.8, 4) is 0 Å². The van der Waals surface area contributed by atoms with E-state index in [9.17, 15) is 9.59 Å². The van der Waals surface area contributed by atoms with E-state index in [1.54, 1.807) is 9.80 Å². The number of unbranched alkanes of at least 4 members (excludes halogenated alkanes) is 1. The highest BCUT2D eigenvalue weighted by Gasteiger charge is 2.41. The molecule has 2 aliphatic heterocycles. The van der Waals surface area contributed by atoms with Gasteiger partial charge in [-0.1, -0.05) is 53.3 Å². The highest BCUT2D eigenvalue weighted by Crippen LogP contribution is 2.45. The first-order valence-corrected chi connectivity index (χ1v) is 9.91. The van der Waals surface area contributed by atoms with Gasteiger partial charge in [0.25, 0.3) is 11.8 Å². The number of likely N-dealkylation sites (N-methyl/N-ethyl adjacent to an activating group) is 1. The highest BCUT2D eigenvalue weighted by atomic mass is 79.9. The van der Waals surface area contributed by atoms with Crippen LogP contribution in [-0.2, 0) is 9.59 Å². The van der Waals surface area contributed by atoms with Crippen LogP contribution in [0.1, 0.15) is 32.3 Å². The molecule has 0 radical (unpaired) electrons. The number of amides is 2. The summed E-state index contributed by atoms with van der Waals surface area (Å²) < 4.78 is 1.42. The molecule has 0 N–H and O–H groups in total. The van der Waals surface area contributed by atoms with E-state index >= 15 is 0 Å². The van der Waals surface area contributed by atoms with Crippen LogP contribution in [-0.4, -0.2) is 34.1 Å². The Kier molecular flexibility index (Phi) is 5.13. The van der Waals surface area contributed by atoms with Crippen LogP contribution < -0.4 is 4.90 Å². The summed E-state index contributed by atoms with van der Waals surface area (Å²) in [6, 6.07) is 5.71. The number of hydrogen-bond acceptors (Lipinski definition) is 4. The van der Waals surface area contributed by atoms with Crippen molar-refractivity contribution in [1.82, 2.24) is 4.90 Å². The molecule has 0 aromatic heterocycles. The normalized spacial score (nSPS) is 20.4. The fourth-order valence-electron chi connectivity index (χ4n) is 2.90. The molecule has 1 saturated heterocycles. The zero-order valence-corrected chi connectivity index (χ0v) is 16.7. The lowest BCUT2D eigenvalue weighted by atomic mass is 10.1. The SMILES string of the molecule is CCCCN1C(=O)/C(=C2\C(=O)N(CC)c3ccc(Br)cc32)SC1=S. The molecular formula is C17H17BrN2O2S2. The minimum Gasteiger partial charge on any atom is -0.308 e. The molecule has 7 heteroatoms. The second-order valence-corrected chi connectivity index (χ2v) is 8.15. The molecule has 0 aliphatic carbocycles. The van der Waals surface area contributed by atoms with Gasteiger partial charge in [0.05, 0.1) is 16.2 Å². The number of anilines is 1. The number of nitrogens with zero attached hydrogens (tertiary/aromatic N) is 2. The van der Waals surface area contributed by atoms with Gasteiger partial charge in [0, 0.05) is 23.1 Å². The van der Waals surface area contributed by atoms with Gasteiger partial charge in [-0.25, -0.2) is 0 Å². The first-order valence-electron chi connectivity index (χ1n) is 7.89. The average Bonchev–Trinajstić information content (AvgIpc) is 2.98. The maximum absolute atomic E-state index is 12.9. The molecule has 2 amide bonds. The van der Waals surface area contributed by atoms with Crippen molar-refractivity contribution < 1.29 is 9.59 Å². The van der Waals surface area contributed by atoms with E-state index in [2.05, 4.69) is 22.9 Å². The second kappa shape index (κ2) is 6.98. The Balaban J connectivity index is 2.10. The number of benzene rings is 1. The predicted molar refractivity (Wildman–Crippen MR) is 106 cm³/mol. The van der Waals surface area contributed by atoms with Crippen LogP contribution in [0, 0.1) is 0 Å². The molecular weight excluding hydrogens is 408 g/mol. The van der Waals surface area contributed by atoms with Crippen molar-refractivity contribution in [1.29, 1.82) is 0 Å². The summed E-state index contributed by atoms with van der Waals surface area (Å²) >= 11 is 10.1. The maximum atomic E-state index is 12.9. The molecule has 1 fully saturated rings. The molecule has 3 rings (SSSR count). The van der Waals surface area contributed by atoms with Crippen molar-refractivity contribution in [2.24, 2.45) is 0 Å². The molecule has 126 valence electrons. The summed E-state index contributed by atoms with van der Waals surface area (Å²) in [5.41, 5.74) is 2.12. The van der Waals surface area contributed by atoms with Gasteiger partial charge in [0.15, 0.2) is 0 Å². The Bertz CT molecular complexity index is 776. The molecule has 0 saturated carbocycles. The third-order valence-electron chi connectivity index (χ3n) is 4.11. The topological polar surface area (TPSA) is 40.6 Å². The van der Waals surface area contributed by atoms with Crippen molar-refractivity contribution in [3.05, 3.63) is 33.1 Å². The monoisotopic (exact) mass is 424 g/mol. The van der Waals surface area contributed by atoms with Crippen molar-refractivity contribution in [3.63, 3.8) is 0 Å². The quantitative estimate of drug-likeness (QED) is 0.536. The number of carbonyl (C=O) groups excluding carboxylic acids is 2. The number of fused-ring (bicyclic) bond motifs is 1. The number of thiocarbonyl (C=S) groups is 1. The van der Waals surface area contributed by atoms with Crippen LogP contribution in [0.15, 0.2) is 27.6 Å². The van der Waals surface area contributed by atoms with E-state index < -0.39 is 0 Å². The molecule has 24 heavy (non-hydrogen) atoms. The van der Waals surface area contributed by atoms with E-state index in [4.69, 9.17) is 12.2 Å². The van der Waals surface area contributed by atoms with E-state index in [1.807, 2.05) is 25.1 Å². The lowest BCUT2D eigenvalue weighted by Gasteiger charge is -2.14. The third kappa shape index (κ3) is 2.82. The van der Waals surface area contributed by atoms with Crippen molar-refractivity contribution in [2.75, 3.05) is 18.0 Å². The fourth-order valence-corrected chi connectivity index (χ4v) is 4.64. The smallest absolute Gasteiger partial charge is 0.267 e. The number of rotatable bonds is 4. The minimum absolute atomic E-state index is 0.124. The minimum atomic E-state index is -0.148.